The van der Waals surface area contributed by atoms with Crippen LogP contribution < -0.4 is 10.6 Å². The molecule has 0 aliphatic carbocycles. The second-order valence-corrected chi connectivity index (χ2v) is 6.52. The molecule has 2 N–H and O–H groups in total. The first-order valence-corrected chi connectivity index (χ1v) is 7.27. The predicted octanol–water partition coefficient (Wildman–Crippen LogP) is 3.30. The Morgan fingerprint density at radius 1 is 1.39 bits per heavy atom. The molecule has 92 valence electrons. The Morgan fingerprint density at radius 3 is 2.94 bits per heavy atom. The molecular weight excluding hydrogens is 312 g/mol. The molecular formula is C13H11BrN2OS. The van der Waals surface area contributed by atoms with Gasteiger partial charge in [-0.1, -0.05) is 0 Å². The summed E-state index contributed by atoms with van der Waals surface area (Å²) >= 11 is 4.91. The standard InChI is InChI=1S/C13H11BrN2OS/c14-12-6-9(7-18-12)13(17)16-4-3-8-5-10(15)1-2-11(8)16/h1-2,5-7H,3-4,15H2. The van der Waals surface area contributed by atoms with E-state index in [4.69, 9.17) is 5.73 Å². The molecule has 0 atom stereocenters. The number of halogens is 1. The summed E-state index contributed by atoms with van der Waals surface area (Å²) in [6.07, 6.45) is 0.872. The van der Waals surface area contributed by atoms with Gasteiger partial charge < -0.3 is 10.6 Å². The van der Waals surface area contributed by atoms with E-state index in [2.05, 4.69) is 15.9 Å². The highest BCUT2D eigenvalue weighted by molar-refractivity contribution is 9.11. The fourth-order valence-corrected chi connectivity index (χ4v) is 3.34. The fraction of sp³-hybridized carbons (Fsp3) is 0.154. The van der Waals surface area contributed by atoms with E-state index in [9.17, 15) is 4.79 Å². The Bertz CT molecular complexity index is 623. The zero-order valence-corrected chi connectivity index (χ0v) is 11.9. The van der Waals surface area contributed by atoms with Crippen LogP contribution in [0.3, 0.4) is 0 Å². The van der Waals surface area contributed by atoms with E-state index >= 15 is 0 Å². The van der Waals surface area contributed by atoms with E-state index in [1.165, 1.54) is 11.3 Å². The quantitative estimate of drug-likeness (QED) is 0.819. The lowest BCUT2D eigenvalue weighted by Gasteiger charge is -2.16. The number of benzene rings is 1. The topological polar surface area (TPSA) is 46.3 Å². The predicted molar refractivity (Wildman–Crippen MR) is 78.3 cm³/mol. The maximum atomic E-state index is 12.4. The summed E-state index contributed by atoms with van der Waals surface area (Å²) in [5.41, 5.74) is 9.38. The molecule has 1 aliphatic heterocycles. The third kappa shape index (κ3) is 1.93. The third-order valence-corrected chi connectivity index (χ3v) is 4.56. The van der Waals surface area contributed by atoms with Crippen molar-refractivity contribution < 1.29 is 4.79 Å². The molecule has 3 rings (SSSR count). The molecule has 1 aromatic carbocycles. The van der Waals surface area contributed by atoms with E-state index in [1.807, 2.05) is 34.5 Å². The van der Waals surface area contributed by atoms with Crippen molar-refractivity contribution >= 4 is 44.5 Å². The molecule has 0 spiro atoms. The minimum Gasteiger partial charge on any atom is -0.399 e. The number of fused-ring (bicyclic) bond motifs is 1. The Labute approximate surface area is 117 Å². The molecule has 5 heteroatoms. The second-order valence-electron chi connectivity index (χ2n) is 4.23. The molecule has 0 saturated heterocycles. The highest BCUT2D eigenvalue weighted by Gasteiger charge is 2.26. The molecule has 1 amide bonds. The molecule has 3 nitrogen and oxygen atoms in total. The highest BCUT2D eigenvalue weighted by Crippen LogP contribution is 2.32. The molecule has 0 bridgehead atoms. The van der Waals surface area contributed by atoms with E-state index in [1.54, 1.807) is 0 Å². The molecule has 2 heterocycles. The Balaban J connectivity index is 1.95. The smallest absolute Gasteiger partial charge is 0.259 e. The Kier molecular flexibility index (Phi) is 2.87. The van der Waals surface area contributed by atoms with Gasteiger partial charge in [0.25, 0.3) is 5.91 Å². The number of carbonyl (C=O) groups excluding carboxylic acids is 1. The number of nitrogens with zero attached hydrogens (tertiary/aromatic N) is 1. The largest absolute Gasteiger partial charge is 0.399 e. The van der Waals surface area contributed by atoms with Gasteiger partial charge in [-0.25, -0.2) is 0 Å². The molecule has 1 aromatic heterocycles. The first-order valence-electron chi connectivity index (χ1n) is 5.59. The van der Waals surface area contributed by atoms with Crippen LogP contribution >= 0.6 is 27.3 Å². The number of nitrogens with two attached hydrogens (primary N) is 1. The zero-order chi connectivity index (χ0) is 12.7. The molecule has 0 fully saturated rings. The van der Waals surface area contributed by atoms with Crippen molar-refractivity contribution in [1.82, 2.24) is 0 Å². The number of hydrogen-bond acceptors (Lipinski definition) is 3. The van der Waals surface area contributed by atoms with Gasteiger partial charge >= 0.3 is 0 Å². The van der Waals surface area contributed by atoms with Gasteiger partial charge in [-0.15, -0.1) is 11.3 Å². The SMILES string of the molecule is Nc1ccc2c(c1)CCN2C(=O)c1csc(Br)c1. The van der Waals surface area contributed by atoms with Crippen LogP contribution in [0.4, 0.5) is 11.4 Å². The average Bonchev–Trinajstić information content (AvgIpc) is 2.94. The van der Waals surface area contributed by atoms with Crippen LogP contribution in [-0.4, -0.2) is 12.5 Å². The normalized spacial score (nSPS) is 13.7. The number of amides is 1. The minimum atomic E-state index is 0.0560. The lowest BCUT2D eigenvalue weighted by Crippen LogP contribution is -2.28. The van der Waals surface area contributed by atoms with Crippen LogP contribution in [0.1, 0.15) is 15.9 Å². The van der Waals surface area contributed by atoms with Crippen LogP contribution in [0.25, 0.3) is 0 Å². The van der Waals surface area contributed by atoms with Crippen molar-refractivity contribution in [2.45, 2.75) is 6.42 Å². The van der Waals surface area contributed by atoms with Crippen molar-refractivity contribution in [2.24, 2.45) is 0 Å². The Morgan fingerprint density at radius 2 is 2.22 bits per heavy atom. The molecule has 0 saturated carbocycles. The van der Waals surface area contributed by atoms with E-state index in [-0.39, 0.29) is 5.91 Å². The second kappa shape index (κ2) is 4.40. The average molecular weight is 323 g/mol. The number of hydrogen-bond donors (Lipinski definition) is 1. The summed E-state index contributed by atoms with van der Waals surface area (Å²) < 4.78 is 0.975. The monoisotopic (exact) mass is 322 g/mol. The van der Waals surface area contributed by atoms with Gasteiger partial charge in [-0.2, -0.15) is 0 Å². The first kappa shape index (κ1) is 11.7. The maximum absolute atomic E-state index is 12.4. The van der Waals surface area contributed by atoms with Gasteiger partial charge in [0.05, 0.1) is 9.35 Å². The van der Waals surface area contributed by atoms with Crippen molar-refractivity contribution in [2.75, 3.05) is 17.2 Å². The fourth-order valence-electron chi connectivity index (χ4n) is 2.21. The Hall–Kier alpha value is -1.33. The molecule has 2 aromatic rings. The minimum absolute atomic E-state index is 0.0560. The van der Waals surface area contributed by atoms with Crippen molar-refractivity contribution in [3.05, 3.63) is 44.6 Å². The zero-order valence-electron chi connectivity index (χ0n) is 9.52. The van der Waals surface area contributed by atoms with Gasteiger partial charge in [0.2, 0.25) is 0 Å². The van der Waals surface area contributed by atoms with Crippen LogP contribution in [-0.2, 0) is 6.42 Å². The summed E-state index contributed by atoms with van der Waals surface area (Å²) in [7, 11) is 0. The van der Waals surface area contributed by atoms with Crippen molar-refractivity contribution in [3.63, 3.8) is 0 Å². The highest BCUT2D eigenvalue weighted by atomic mass is 79.9. The van der Waals surface area contributed by atoms with Crippen LogP contribution in [0.5, 0.6) is 0 Å². The summed E-state index contributed by atoms with van der Waals surface area (Å²) in [5, 5.41) is 1.88. The number of carbonyl (C=O) groups is 1. The first-order chi connectivity index (χ1) is 8.65. The van der Waals surface area contributed by atoms with Crippen LogP contribution in [0.15, 0.2) is 33.4 Å². The van der Waals surface area contributed by atoms with E-state index in [0.717, 1.165) is 39.3 Å². The molecule has 0 radical (unpaired) electrons. The van der Waals surface area contributed by atoms with Crippen molar-refractivity contribution in [3.8, 4) is 0 Å². The molecule has 1 aliphatic rings. The van der Waals surface area contributed by atoms with Gasteiger partial charge in [0.15, 0.2) is 0 Å². The summed E-state index contributed by atoms with van der Waals surface area (Å²) in [6, 6.07) is 7.58. The molecule has 18 heavy (non-hydrogen) atoms. The summed E-state index contributed by atoms with van der Waals surface area (Å²) in [6.45, 7) is 0.727. The third-order valence-electron chi connectivity index (χ3n) is 3.06. The van der Waals surface area contributed by atoms with Crippen LogP contribution in [0.2, 0.25) is 0 Å². The van der Waals surface area contributed by atoms with Gasteiger partial charge in [-0.3, -0.25) is 4.79 Å². The van der Waals surface area contributed by atoms with Crippen molar-refractivity contribution in [1.29, 1.82) is 0 Å². The van der Waals surface area contributed by atoms with E-state index in [0.29, 0.717) is 0 Å². The molecule has 0 unspecified atom stereocenters. The number of thiophene rings is 1. The lowest BCUT2D eigenvalue weighted by atomic mass is 10.1. The van der Waals surface area contributed by atoms with E-state index < -0.39 is 0 Å². The summed E-state index contributed by atoms with van der Waals surface area (Å²) in [4.78, 5) is 14.2. The maximum Gasteiger partial charge on any atom is 0.259 e. The lowest BCUT2D eigenvalue weighted by molar-refractivity contribution is 0.0990. The van der Waals surface area contributed by atoms with Gasteiger partial charge in [0.1, 0.15) is 0 Å². The van der Waals surface area contributed by atoms with Gasteiger partial charge in [0, 0.05) is 23.3 Å². The van der Waals surface area contributed by atoms with Crippen LogP contribution in [0, 0.1) is 0 Å². The number of anilines is 2. The van der Waals surface area contributed by atoms with Gasteiger partial charge in [-0.05, 0) is 52.2 Å². The number of nitrogen functional groups attached to an aromatic ring is 1. The number of rotatable bonds is 1. The summed E-state index contributed by atoms with van der Waals surface area (Å²) in [5.74, 6) is 0.0560.